The van der Waals surface area contributed by atoms with Gasteiger partial charge in [0.05, 0.1) is 0 Å². The van der Waals surface area contributed by atoms with Crippen LogP contribution in [0.4, 0.5) is 0 Å². The van der Waals surface area contributed by atoms with Gasteiger partial charge in [-0.15, -0.1) is 0 Å². The number of nitrogens with zero attached hydrogens (tertiary/aromatic N) is 2. The van der Waals surface area contributed by atoms with E-state index >= 15 is 0 Å². The lowest BCUT2D eigenvalue weighted by molar-refractivity contribution is 0.0983. The number of carbonyl (C=O) groups excluding carboxylic acids is 1. The van der Waals surface area contributed by atoms with Crippen LogP contribution in [0.5, 0.6) is 0 Å². The van der Waals surface area contributed by atoms with Crippen LogP contribution in [-0.4, -0.2) is 20.5 Å². The Morgan fingerprint density at radius 2 is 2.00 bits per heavy atom. The van der Waals surface area contributed by atoms with Crippen molar-refractivity contribution < 1.29 is 4.79 Å². The Kier molecular flexibility index (Phi) is 2.64. The van der Waals surface area contributed by atoms with Gasteiger partial charge in [0.2, 0.25) is 0 Å². The summed E-state index contributed by atoms with van der Waals surface area (Å²) >= 11 is 0. The number of hydrogen-bond acceptors (Lipinski definition) is 2. The first-order valence-corrected chi connectivity index (χ1v) is 5.37. The molecule has 4 heteroatoms. The summed E-state index contributed by atoms with van der Waals surface area (Å²) in [6, 6.07) is 5.86. The van der Waals surface area contributed by atoms with Crippen molar-refractivity contribution in [3.8, 4) is 5.82 Å². The smallest absolute Gasteiger partial charge is 0.180 e. The van der Waals surface area contributed by atoms with Crippen LogP contribution in [0.1, 0.15) is 35.2 Å². The molecule has 0 saturated carbocycles. The van der Waals surface area contributed by atoms with E-state index in [-0.39, 0.29) is 5.78 Å². The van der Waals surface area contributed by atoms with E-state index in [1.54, 1.807) is 6.07 Å². The highest BCUT2D eigenvalue weighted by Crippen LogP contribution is 2.15. The lowest BCUT2D eigenvalue weighted by Gasteiger charge is -2.03. The van der Waals surface area contributed by atoms with Crippen LogP contribution in [0.3, 0.4) is 0 Å². The minimum absolute atomic E-state index is 0.0845. The number of carbonyl (C=O) groups is 1. The molecule has 4 nitrogen and oxygen atoms in total. The van der Waals surface area contributed by atoms with Gasteiger partial charge in [0, 0.05) is 23.9 Å². The molecule has 2 rings (SSSR count). The zero-order valence-corrected chi connectivity index (χ0v) is 9.74. The highest BCUT2D eigenvalue weighted by Gasteiger charge is 2.11. The number of hydrogen-bond donors (Lipinski definition) is 1. The van der Waals surface area contributed by atoms with Crippen molar-refractivity contribution in [1.82, 2.24) is 14.8 Å². The molecule has 0 aliphatic heterocycles. The second-order valence-corrected chi connectivity index (χ2v) is 3.87. The molecule has 0 bridgehead atoms. The van der Waals surface area contributed by atoms with E-state index in [0.717, 1.165) is 17.2 Å². The standard InChI is InChI=1S/C12H15N3O/c1-4-11(16)10-7-12(14-13-10)15-8(2)5-6-9(15)3/h5-7H,4H2,1-3H3,(H,13,14). The van der Waals surface area contributed by atoms with E-state index in [0.29, 0.717) is 12.1 Å². The first-order chi connectivity index (χ1) is 7.63. The van der Waals surface area contributed by atoms with Crippen LogP contribution in [0, 0.1) is 13.8 Å². The zero-order chi connectivity index (χ0) is 11.7. The second kappa shape index (κ2) is 3.96. The second-order valence-electron chi connectivity index (χ2n) is 3.87. The van der Waals surface area contributed by atoms with Crippen molar-refractivity contribution >= 4 is 5.78 Å². The molecule has 0 amide bonds. The summed E-state index contributed by atoms with van der Waals surface area (Å²) in [5, 5.41) is 6.95. The quantitative estimate of drug-likeness (QED) is 0.802. The van der Waals surface area contributed by atoms with E-state index in [1.807, 2.05) is 37.5 Å². The number of H-pyrrole nitrogens is 1. The fraction of sp³-hybridized carbons (Fsp3) is 0.333. The first kappa shape index (κ1) is 10.7. The Morgan fingerprint density at radius 3 is 2.56 bits per heavy atom. The number of aryl methyl sites for hydroxylation is 2. The third-order valence-corrected chi connectivity index (χ3v) is 2.69. The molecule has 0 spiro atoms. The summed E-state index contributed by atoms with van der Waals surface area (Å²) in [4.78, 5) is 11.5. The summed E-state index contributed by atoms with van der Waals surface area (Å²) in [5.74, 6) is 0.859. The summed E-state index contributed by atoms with van der Waals surface area (Å²) in [6.07, 6.45) is 0.491. The van der Waals surface area contributed by atoms with Crippen LogP contribution in [0.25, 0.3) is 5.82 Å². The van der Waals surface area contributed by atoms with Gasteiger partial charge < -0.3 is 4.57 Å². The van der Waals surface area contributed by atoms with Crippen LogP contribution in [0.15, 0.2) is 18.2 Å². The van der Waals surface area contributed by atoms with Gasteiger partial charge in [0.25, 0.3) is 0 Å². The maximum Gasteiger partial charge on any atom is 0.180 e. The molecule has 0 aromatic carbocycles. The summed E-state index contributed by atoms with van der Waals surface area (Å²) in [5.41, 5.74) is 2.80. The average Bonchev–Trinajstić information content (AvgIpc) is 2.85. The molecule has 0 saturated heterocycles. The summed E-state index contributed by atoms with van der Waals surface area (Å²) in [7, 11) is 0. The van der Waals surface area contributed by atoms with Gasteiger partial charge in [-0.05, 0) is 26.0 Å². The van der Waals surface area contributed by atoms with Crippen molar-refractivity contribution in [3.05, 3.63) is 35.3 Å². The van der Waals surface area contributed by atoms with Crippen LogP contribution >= 0.6 is 0 Å². The predicted octanol–water partition coefficient (Wildman–Crippen LogP) is 2.41. The highest BCUT2D eigenvalue weighted by molar-refractivity contribution is 5.94. The van der Waals surface area contributed by atoms with E-state index in [1.165, 1.54) is 0 Å². The van der Waals surface area contributed by atoms with Crippen molar-refractivity contribution in [1.29, 1.82) is 0 Å². The SMILES string of the molecule is CCC(=O)c1cc(-n2c(C)ccc2C)n[nH]1. The molecule has 2 aromatic rings. The monoisotopic (exact) mass is 217 g/mol. The Bertz CT molecular complexity index is 503. The Balaban J connectivity index is 2.43. The molecular weight excluding hydrogens is 202 g/mol. The van der Waals surface area contributed by atoms with Gasteiger partial charge in [-0.1, -0.05) is 6.92 Å². The fourth-order valence-corrected chi connectivity index (χ4v) is 1.79. The molecule has 84 valence electrons. The number of rotatable bonds is 3. The van der Waals surface area contributed by atoms with Gasteiger partial charge in [-0.25, -0.2) is 0 Å². The summed E-state index contributed by atoms with van der Waals surface area (Å²) < 4.78 is 2.02. The van der Waals surface area contributed by atoms with Crippen molar-refractivity contribution in [3.63, 3.8) is 0 Å². The third kappa shape index (κ3) is 1.66. The Hall–Kier alpha value is -1.84. The van der Waals surface area contributed by atoms with Gasteiger partial charge >= 0.3 is 0 Å². The van der Waals surface area contributed by atoms with E-state index < -0.39 is 0 Å². The molecule has 2 aromatic heterocycles. The maximum absolute atomic E-state index is 11.5. The molecule has 16 heavy (non-hydrogen) atoms. The van der Waals surface area contributed by atoms with Gasteiger partial charge in [0.1, 0.15) is 5.69 Å². The first-order valence-electron chi connectivity index (χ1n) is 5.37. The number of ketones is 1. The maximum atomic E-state index is 11.5. The van der Waals surface area contributed by atoms with Crippen molar-refractivity contribution in [2.45, 2.75) is 27.2 Å². The van der Waals surface area contributed by atoms with Gasteiger partial charge in [-0.2, -0.15) is 5.10 Å². The molecule has 1 N–H and O–H groups in total. The fourth-order valence-electron chi connectivity index (χ4n) is 1.79. The number of aromatic nitrogens is 3. The number of Topliss-reactive ketones (excluding diaryl/α,β-unsaturated/α-hetero) is 1. The Morgan fingerprint density at radius 1 is 1.38 bits per heavy atom. The minimum atomic E-state index is 0.0845. The van der Waals surface area contributed by atoms with Gasteiger partial charge in [-0.3, -0.25) is 9.89 Å². The van der Waals surface area contributed by atoms with E-state index in [9.17, 15) is 4.79 Å². The third-order valence-electron chi connectivity index (χ3n) is 2.69. The average molecular weight is 217 g/mol. The molecule has 0 aliphatic carbocycles. The molecular formula is C12H15N3O. The van der Waals surface area contributed by atoms with E-state index in [2.05, 4.69) is 10.2 Å². The largest absolute Gasteiger partial charge is 0.302 e. The zero-order valence-electron chi connectivity index (χ0n) is 9.74. The van der Waals surface area contributed by atoms with Crippen molar-refractivity contribution in [2.75, 3.05) is 0 Å². The van der Waals surface area contributed by atoms with Crippen LogP contribution < -0.4 is 0 Å². The lowest BCUT2D eigenvalue weighted by Crippen LogP contribution is -1.98. The molecule has 0 fully saturated rings. The minimum Gasteiger partial charge on any atom is -0.302 e. The molecule has 0 aliphatic rings. The van der Waals surface area contributed by atoms with Crippen LogP contribution in [0.2, 0.25) is 0 Å². The molecule has 0 unspecified atom stereocenters. The topological polar surface area (TPSA) is 50.7 Å². The van der Waals surface area contributed by atoms with Gasteiger partial charge in [0.15, 0.2) is 11.6 Å². The van der Waals surface area contributed by atoms with E-state index in [4.69, 9.17) is 0 Å². The molecule has 0 atom stereocenters. The summed E-state index contributed by atoms with van der Waals surface area (Å²) in [6.45, 7) is 5.88. The van der Waals surface area contributed by atoms with Crippen molar-refractivity contribution in [2.24, 2.45) is 0 Å². The van der Waals surface area contributed by atoms with Crippen LogP contribution in [-0.2, 0) is 0 Å². The normalized spacial score (nSPS) is 10.7. The number of aromatic amines is 1. The highest BCUT2D eigenvalue weighted by atomic mass is 16.1. The lowest BCUT2D eigenvalue weighted by atomic mass is 10.2. The Labute approximate surface area is 94.3 Å². The molecule has 2 heterocycles. The number of nitrogens with one attached hydrogen (secondary N) is 1. The molecule has 0 radical (unpaired) electrons. The predicted molar refractivity (Wildman–Crippen MR) is 62.0 cm³/mol.